The van der Waals surface area contributed by atoms with Crippen molar-refractivity contribution in [1.29, 1.82) is 0 Å². The molecule has 0 saturated carbocycles. The van der Waals surface area contributed by atoms with E-state index in [9.17, 15) is 0 Å². The topological polar surface area (TPSA) is 39.4 Å². The van der Waals surface area contributed by atoms with Gasteiger partial charge in [-0.05, 0) is 0 Å². The first kappa shape index (κ1) is 29.2. The molecule has 0 aromatic heterocycles. The molecular formula is C11H21NOW-4. The zero-order valence-electron chi connectivity index (χ0n) is 9.62. The first-order chi connectivity index (χ1) is 6.18. The van der Waals surface area contributed by atoms with Gasteiger partial charge >= 0.3 is 0 Å². The summed E-state index contributed by atoms with van der Waals surface area (Å²) in [5, 5.41) is 0. The van der Waals surface area contributed by atoms with Crippen LogP contribution >= 0.6 is 0 Å². The summed E-state index contributed by atoms with van der Waals surface area (Å²) in [7, 11) is 0. The molecule has 0 aliphatic rings. The Balaban J connectivity index is -0.0000000292. The molecule has 0 fully saturated rings. The second-order valence-corrected chi connectivity index (χ2v) is 1.94. The van der Waals surface area contributed by atoms with Crippen LogP contribution in [-0.2, 0) is 21.1 Å². The average molecular weight is 367 g/mol. The van der Waals surface area contributed by atoms with Crippen LogP contribution in [0.25, 0.3) is 5.59 Å². The molecule has 0 N–H and O–H groups in total. The molecule has 2 nitrogen and oxygen atoms in total. The van der Waals surface area contributed by atoms with Gasteiger partial charge in [0.15, 0.2) is 0 Å². The second kappa shape index (κ2) is 53.1. The van der Waals surface area contributed by atoms with Crippen molar-refractivity contribution in [1.82, 2.24) is 0 Å². The van der Waals surface area contributed by atoms with Crippen molar-refractivity contribution in [3.63, 3.8) is 0 Å². The number of allylic oxidation sites excluding steroid dienone is 3. The fraction of sp³-hybridized carbons (Fsp3) is 0.455. The first-order valence-electron chi connectivity index (χ1n) is 4.05. The minimum Gasteiger partial charge on any atom is -0.577 e. The summed E-state index contributed by atoms with van der Waals surface area (Å²) in [5.74, 6) is 0. The monoisotopic (exact) mass is 367 g/mol. The van der Waals surface area contributed by atoms with Crippen molar-refractivity contribution >= 4 is 0 Å². The summed E-state index contributed by atoms with van der Waals surface area (Å²) >= 11 is 0. The smallest absolute Gasteiger partial charge is 0 e. The molecule has 0 bridgehead atoms. The van der Waals surface area contributed by atoms with E-state index in [1.165, 1.54) is 11.6 Å². The Morgan fingerprint density at radius 1 is 1.36 bits per heavy atom. The molecule has 86 valence electrons. The van der Waals surface area contributed by atoms with Gasteiger partial charge in [-0.15, -0.1) is 0 Å². The van der Waals surface area contributed by atoms with E-state index in [2.05, 4.69) is 13.8 Å². The molecule has 0 radical (unpaired) electrons. The number of hydrogen-bond donors (Lipinski definition) is 0. The maximum absolute atomic E-state index is 7.25. The van der Waals surface area contributed by atoms with Gasteiger partial charge < -0.3 is 24.3 Å². The van der Waals surface area contributed by atoms with Crippen LogP contribution in [0.15, 0.2) is 17.7 Å². The van der Waals surface area contributed by atoms with Crippen molar-refractivity contribution in [3.05, 3.63) is 48.7 Å². The minimum atomic E-state index is 0. The third-order valence-corrected chi connectivity index (χ3v) is 0.430. The Morgan fingerprint density at radius 2 is 1.57 bits per heavy atom. The average Bonchev–Trinajstić information content (AvgIpc) is 2.12. The molecule has 0 heterocycles. The van der Waals surface area contributed by atoms with Gasteiger partial charge in [-0.2, -0.15) is 18.9 Å². The Labute approximate surface area is 104 Å². The van der Waals surface area contributed by atoms with E-state index >= 15 is 0 Å². The van der Waals surface area contributed by atoms with Crippen molar-refractivity contribution < 1.29 is 21.1 Å². The zero-order valence-corrected chi connectivity index (χ0v) is 12.6. The second-order valence-electron chi connectivity index (χ2n) is 1.94. The summed E-state index contributed by atoms with van der Waals surface area (Å²) < 4.78 is 0. The number of rotatable bonds is 1. The van der Waals surface area contributed by atoms with Crippen LogP contribution < -0.4 is 0 Å². The Kier molecular flexibility index (Phi) is 111. The molecule has 0 aliphatic carbocycles. The quantitative estimate of drug-likeness (QED) is 0.502. The van der Waals surface area contributed by atoms with Gasteiger partial charge in [0, 0.05) is 21.1 Å². The van der Waals surface area contributed by atoms with E-state index in [0.29, 0.717) is 0 Å². The van der Waals surface area contributed by atoms with Gasteiger partial charge in [-0.1, -0.05) is 20.8 Å². The molecule has 0 aromatic carbocycles. The Hall–Kier alpha value is -0.232. The fourth-order valence-corrected chi connectivity index (χ4v) is 0.192. The predicted octanol–water partition coefficient (Wildman–Crippen LogP) is 4.33. The maximum atomic E-state index is 7.25. The standard InChI is InChI=1S/C6H9.C3H7.C2H5.NO.W/c1-4-5-6(2)3;1-3-2;2*1-2;/h1,4-5H,2-3H3;1,3H2,2H3;1H2,2H3;;/q4*-1;. The molecule has 0 unspecified atom stereocenters. The molecule has 0 aromatic rings. The molecule has 0 amide bonds. The minimum absolute atomic E-state index is 0. The van der Waals surface area contributed by atoms with Crippen LogP contribution in [0, 0.1) is 25.3 Å². The Bertz CT molecular complexity index is 99.5. The molecule has 0 aliphatic heterocycles. The van der Waals surface area contributed by atoms with Gasteiger partial charge in [0.1, 0.15) is 0 Å². The SMILES string of the molecule is [CH-]=CC=C(C)C.[CH2-]C.[CH2-]CC.[N-]=O.[W]. The van der Waals surface area contributed by atoms with Crippen LogP contribution in [-0.4, -0.2) is 0 Å². The zero-order chi connectivity index (χ0) is 11.7. The number of hydrogen-bond acceptors (Lipinski definition) is 1. The summed E-state index contributed by atoms with van der Waals surface area (Å²) in [5.41, 5.74) is 6.98. The van der Waals surface area contributed by atoms with Crippen LogP contribution in [0.3, 0.4) is 0 Å². The maximum Gasteiger partial charge on any atom is 0 e. The number of nitrogens with zero attached hydrogens (tertiary/aromatic N) is 1. The third kappa shape index (κ3) is 178. The van der Waals surface area contributed by atoms with E-state index in [1.807, 2.05) is 26.8 Å². The van der Waals surface area contributed by atoms with E-state index in [0.717, 1.165) is 6.42 Å². The van der Waals surface area contributed by atoms with Gasteiger partial charge in [-0.25, -0.2) is 12.2 Å². The van der Waals surface area contributed by atoms with Crippen LogP contribution in [0.2, 0.25) is 0 Å². The first-order valence-corrected chi connectivity index (χ1v) is 4.05. The largest absolute Gasteiger partial charge is 0.577 e. The van der Waals surface area contributed by atoms with E-state index in [4.69, 9.17) is 17.1 Å². The summed E-state index contributed by atoms with van der Waals surface area (Å²) in [6, 6.07) is 0. The molecule has 3 heteroatoms. The molecule has 14 heavy (non-hydrogen) atoms. The van der Waals surface area contributed by atoms with E-state index in [-0.39, 0.29) is 21.1 Å². The number of nitroso groups, excluding NO2 is 1. The van der Waals surface area contributed by atoms with Gasteiger partial charge in [0.25, 0.3) is 0 Å². The van der Waals surface area contributed by atoms with E-state index < -0.39 is 0 Å². The summed E-state index contributed by atoms with van der Waals surface area (Å²) in [4.78, 5) is 7.25. The summed E-state index contributed by atoms with van der Waals surface area (Å²) in [6.45, 7) is 19.5. The van der Waals surface area contributed by atoms with E-state index in [1.54, 1.807) is 6.92 Å². The van der Waals surface area contributed by atoms with Gasteiger partial charge in [0.05, 0.1) is 0 Å². The van der Waals surface area contributed by atoms with Crippen molar-refractivity contribution in [2.45, 2.75) is 34.1 Å². The summed E-state index contributed by atoms with van der Waals surface area (Å²) in [6.07, 6.45) is 4.40. The molecule has 0 saturated heterocycles. The van der Waals surface area contributed by atoms with Crippen LogP contribution in [0.5, 0.6) is 0 Å². The Morgan fingerprint density at radius 3 is 1.57 bits per heavy atom. The molecule has 0 spiro atoms. The van der Waals surface area contributed by atoms with Crippen LogP contribution in [0.1, 0.15) is 34.1 Å². The van der Waals surface area contributed by atoms with Crippen LogP contribution in [0.4, 0.5) is 0 Å². The van der Waals surface area contributed by atoms with Gasteiger partial charge in [0.2, 0.25) is 0 Å². The fourth-order valence-electron chi connectivity index (χ4n) is 0.192. The van der Waals surface area contributed by atoms with Crippen molar-refractivity contribution in [2.75, 3.05) is 0 Å². The van der Waals surface area contributed by atoms with Crippen molar-refractivity contribution in [2.24, 2.45) is 0 Å². The third-order valence-electron chi connectivity index (χ3n) is 0.430. The van der Waals surface area contributed by atoms with Gasteiger partial charge in [-0.3, -0.25) is 6.58 Å². The molecular weight excluding hydrogens is 346 g/mol. The molecule has 0 rings (SSSR count). The molecule has 0 atom stereocenters. The van der Waals surface area contributed by atoms with Crippen molar-refractivity contribution in [3.8, 4) is 0 Å². The normalized spacial score (nSPS) is 5.00. The predicted molar refractivity (Wildman–Crippen MR) is 61.7 cm³/mol.